The average molecular weight is 559 g/mol. The van der Waals surface area contributed by atoms with E-state index < -0.39 is 12.0 Å². The number of aromatic nitrogens is 1. The van der Waals surface area contributed by atoms with E-state index in [1.807, 2.05) is 0 Å². The molecule has 1 N–H and O–H groups in total. The van der Waals surface area contributed by atoms with E-state index in [0.717, 1.165) is 5.56 Å². The van der Waals surface area contributed by atoms with Gasteiger partial charge in [0.15, 0.2) is 16.3 Å². The number of fused-ring (bicyclic) bond motifs is 1. The van der Waals surface area contributed by atoms with Gasteiger partial charge in [-0.25, -0.2) is 9.79 Å². The normalized spacial score (nSPS) is 15.5. The number of ether oxygens (including phenoxy) is 3. The van der Waals surface area contributed by atoms with Gasteiger partial charge in [0, 0.05) is 4.47 Å². The maximum absolute atomic E-state index is 13.7. The molecule has 0 fully saturated rings. The van der Waals surface area contributed by atoms with Gasteiger partial charge in [0.2, 0.25) is 0 Å². The quantitative estimate of drug-likeness (QED) is 0.466. The first-order chi connectivity index (χ1) is 16.8. The van der Waals surface area contributed by atoms with Gasteiger partial charge in [-0.3, -0.25) is 9.36 Å². The second-order valence-electron chi connectivity index (χ2n) is 7.62. The molecule has 0 saturated carbocycles. The highest BCUT2D eigenvalue weighted by atomic mass is 79.9. The van der Waals surface area contributed by atoms with Crippen LogP contribution in [0.15, 0.2) is 61.9 Å². The highest BCUT2D eigenvalue weighted by molar-refractivity contribution is 9.10. The van der Waals surface area contributed by atoms with Crippen LogP contribution < -0.4 is 24.4 Å². The maximum Gasteiger partial charge on any atom is 0.338 e. The standard InChI is InChI=1S/C25H23BrN2O6S/c1-5-34-24(31)21-13(2)27-25-28(22(21)16-11-18(32-3)19(33-4)12-17(16)26)23(30)20(35-25)10-14-6-8-15(29)9-7-14/h6-12,22,29H,5H2,1-4H3/b20-10-. The third-order valence-corrected chi connectivity index (χ3v) is 7.18. The molecule has 2 heterocycles. The molecule has 0 aliphatic carbocycles. The zero-order valence-electron chi connectivity index (χ0n) is 19.5. The van der Waals surface area contributed by atoms with Gasteiger partial charge in [0.25, 0.3) is 5.56 Å². The number of esters is 1. The predicted octanol–water partition coefficient (Wildman–Crippen LogP) is 3.28. The van der Waals surface area contributed by atoms with E-state index >= 15 is 0 Å². The van der Waals surface area contributed by atoms with Crippen molar-refractivity contribution in [2.75, 3.05) is 20.8 Å². The number of methoxy groups -OCH3 is 2. The van der Waals surface area contributed by atoms with E-state index in [-0.39, 0.29) is 23.5 Å². The molecule has 1 aromatic heterocycles. The summed E-state index contributed by atoms with van der Waals surface area (Å²) >= 11 is 4.80. The zero-order chi connectivity index (χ0) is 25.3. The van der Waals surface area contributed by atoms with Crippen LogP contribution in [0, 0.1) is 0 Å². The molecule has 0 radical (unpaired) electrons. The van der Waals surface area contributed by atoms with Gasteiger partial charge in [-0.15, -0.1) is 0 Å². The highest BCUT2D eigenvalue weighted by Gasteiger charge is 2.35. The van der Waals surface area contributed by atoms with Crippen molar-refractivity contribution >= 4 is 39.3 Å². The number of carbonyl (C=O) groups is 1. The summed E-state index contributed by atoms with van der Waals surface area (Å²) in [4.78, 5) is 31.8. The Morgan fingerprint density at radius 1 is 1.20 bits per heavy atom. The molecular formula is C25H23BrN2O6S. The van der Waals surface area contributed by atoms with Crippen molar-refractivity contribution in [1.29, 1.82) is 0 Å². The van der Waals surface area contributed by atoms with Crippen molar-refractivity contribution in [3.05, 3.63) is 83.0 Å². The monoisotopic (exact) mass is 558 g/mol. The van der Waals surface area contributed by atoms with Crippen molar-refractivity contribution in [3.8, 4) is 17.2 Å². The van der Waals surface area contributed by atoms with Gasteiger partial charge in [0.1, 0.15) is 5.75 Å². The first kappa shape index (κ1) is 24.7. The maximum atomic E-state index is 13.7. The third kappa shape index (κ3) is 4.63. The number of phenolic OH excluding ortho intramolecular Hbond substituents is 1. The molecule has 1 atom stereocenters. The van der Waals surface area contributed by atoms with Crippen LogP contribution in [0.2, 0.25) is 0 Å². The van der Waals surface area contributed by atoms with E-state index in [4.69, 9.17) is 14.2 Å². The van der Waals surface area contributed by atoms with Crippen LogP contribution in [0.3, 0.4) is 0 Å². The lowest BCUT2D eigenvalue weighted by Gasteiger charge is -2.26. The minimum atomic E-state index is -0.804. The predicted molar refractivity (Wildman–Crippen MR) is 136 cm³/mol. The molecule has 0 bridgehead atoms. The fraction of sp³-hybridized carbons (Fsp3) is 0.240. The van der Waals surface area contributed by atoms with Crippen molar-refractivity contribution in [1.82, 2.24) is 4.57 Å². The number of carbonyl (C=O) groups excluding carboxylic acids is 1. The highest BCUT2D eigenvalue weighted by Crippen LogP contribution is 2.40. The Morgan fingerprint density at radius 3 is 2.49 bits per heavy atom. The average Bonchev–Trinajstić information content (AvgIpc) is 3.14. The molecule has 1 aliphatic heterocycles. The van der Waals surface area contributed by atoms with Crippen molar-refractivity contribution in [3.63, 3.8) is 0 Å². The lowest BCUT2D eigenvalue weighted by atomic mass is 9.95. The fourth-order valence-electron chi connectivity index (χ4n) is 3.89. The Kier molecular flexibility index (Phi) is 7.13. The van der Waals surface area contributed by atoms with Crippen LogP contribution in [0.4, 0.5) is 0 Å². The van der Waals surface area contributed by atoms with Crippen molar-refractivity contribution < 1.29 is 24.1 Å². The summed E-state index contributed by atoms with van der Waals surface area (Å²) in [5.74, 6) is 0.542. The van der Waals surface area contributed by atoms with Gasteiger partial charge in [-0.1, -0.05) is 39.4 Å². The summed E-state index contributed by atoms with van der Waals surface area (Å²) in [6, 6.07) is 9.20. The molecule has 1 unspecified atom stereocenters. The van der Waals surface area contributed by atoms with E-state index in [1.165, 1.54) is 30.1 Å². The van der Waals surface area contributed by atoms with Gasteiger partial charge >= 0.3 is 5.97 Å². The summed E-state index contributed by atoms with van der Waals surface area (Å²) in [5.41, 5.74) is 1.80. The van der Waals surface area contributed by atoms with Crippen LogP contribution in [-0.2, 0) is 9.53 Å². The molecule has 10 heteroatoms. The molecule has 2 aromatic carbocycles. The SMILES string of the molecule is CCOC(=O)C1=C(C)N=c2s/c(=C\c3ccc(O)cc3)c(=O)n2C1c1cc(OC)c(OC)cc1Br. The smallest absolute Gasteiger partial charge is 0.338 e. The molecule has 4 rings (SSSR count). The number of rotatable bonds is 6. The summed E-state index contributed by atoms with van der Waals surface area (Å²) in [7, 11) is 3.05. The van der Waals surface area contributed by atoms with Gasteiger partial charge in [-0.2, -0.15) is 0 Å². The third-order valence-electron chi connectivity index (χ3n) is 5.51. The summed E-state index contributed by atoms with van der Waals surface area (Å²) in [6.45, 7) is 3.63. The Hall–Kier alpha value is -3.37. The number of allylic oxidation sites excluding steroid dienone is 1. The van der Waals surface area contributed by atoms with Gasteiger partial charge in [0.05, 0.1) is 42.7 Å². The zero-order valence-corrected chi connectivity index (χ0v) is 21.9. The van der Waals surface area contributed by atoms with E-state index in [1.54, 1.807) is 56.3 Å². The molecule has 0 saturated heterocycles. The summed E-state index contributed by atoms with van der Waals surface area (Å²) in [6.07, 6.45) is 1.73. The Bertz CT molecular complexity index is 1500. The lowest BCUT2D eigenvalue weighted by molar-refractivity contribution is -0.139. The Labute approximate surface area is 213 Å². The molecule has 3 aromatic rings. The van der Waals surface area contributed by atoms with Crippen LogP contribution in [0.25, 0.3) is 6.08 Å². The number of phenols is 1. The van der Waals surface area contributed by atoms with E-state index in [2.05, 4.69) is 20.9 Å². The number of benzene rings is 2. The topological polar surface area (TPSA) is 99.4 Å². The molecule has 0 amide bonds. The summed E-state index contributed by atoms with van der Waals surface area (Å²) < 4.78 is 18.8. The molecule has 182 valence electrons. The second kappa shape index (κ2) is 10.1. The number of hydrogen-bond donors (Lipinski definition) is 1. The molecule has 1 aliphatic rings. The Morgan fingerprint density at radius 2 is 1.86 bits per heavy atom. The first-order valence-electron chi connectivity index (χ1n) is 10.7. The van der Waals surface area contributed by atoms with Crippen LogP contribution in [0.1, 0.15) is 31.0 Å². The van der Waals surface area contributed by atoms with E-state index in [0.29, 0.717) is 36.6 Å². The number of halogens is 1. The minimum absolute atomic E-state index is 0.136. The van der Waals surface area contributed by atoms with Crippen molar-refractivity contribution in [2.45, 2.75) is 19.9 Å². The second-order valence-corrected chi connectivity index (χ2v) is 9.49. The van der Waals surface area contributed by atoms with Gasteiger partial charge in [-0.05, 0) is 55.3 Å². The lowest BCUT2D eigenvalue weighted by Crippen LogP contribution is -2.40. The molecule has 8 nitrogen and oxygen atoms in total. The van der Waals surface area contributed by atoms with Crippen LogP contribution in [-0.4, -0.2) is 36.5 Å². The molecule has 35 heavy (non-hydrogen) atoms. The molecular weight excluding hydrogens is 536 g/mol. The van der Waals surface area contributed by atoms with Crippen molar-refractivity contribution in [2.24, 2.45) is 4.99 Å². The fourth-order valence-corrected chi connectivity index (χ4v) is 5.47. The number of aromatic hydroxyl groups is 1. The largest absolute Gasteiger partial charge is 0.508 e. The Balaban J connectivity index is 2.01. The number of hydrogen-bond acceptors (Lipinski definition) is 8. The van der Waals surface area contributed by atoms with Gasteiger partial charge < -0.3 is 19.3 Å². The van der Waals surface area contributed by atoms with Crippen LogP contribution in [0.5, 0.6) is 17.2 Å². The first-order valence-corrected chi connectivity index (χ1v) is 12.3. The minimum Gasteiger partial charge on any atom is -0.508 e. The van der Waals surface area contributed by atoms with E-state index in [9.17, 15) is 14.7 Å². The molecule has 0 spiro atoms. The van der Waals surface area contributed by atoms with Crippen LogP contribution >= 0.6 is 27.3 Å². The summed E-state index contributed by atoms with van der Waals surface area (Å²) in [5, 5.41) is 9.57. The number of nitrogens with zero attached hydrogens (tertiary/aromatic N) is 2. The number of thiazole rings is 1.